The maximum absolute atomic E-state index is 12.1. The molecule has 29 heavy (non-hydrogen) atoms. The summed E-state index contributed by atoms with van der Waals surface area (Å²) >= 11 is 0. The van der Waals surface area contributed by atoms with E-state index in [1.54, 1.807) is 0 Å². The first kappa shape index (κ1) is 19.9. The summed E-state index contributed by atoms with van der Waals surface area (Å²) in [5.74, 6) is 0.430. The van der Waals surface area contributed by atoms with E-state index >= 15 is 0 Å². The summed E-state index contributed by atoms with van der Waals surface area (Å²) in [6.45, 7) is 7.91. The average Bonchev–Trinajstić information content (AvgIpc) is 3.15. The van der Waals surface area contributed by atoms with Gasteiger partial charge in [0.25, 0.3) is 5.69 Å². The topological polar surface area (TPSA) is 136 Å². The first-order chi connectivity index (χ1) is 13.8. The zero-order valence-electron chi connectivity index (χ0n) is 16.0. The molecule has 1 aliphatic rings. The number of nitro benzene ring substituents is 1. The third kappa shape index (κ3) is 4.92. The Morgan fingerprint density at radius 3 is 2.72 bits per heavy atom. The predicted octanol–water partition coefficient (Wildman–Crippen LogP) is 4.05. The highest BCUT2D eigenvalue weighted by molar-refractivity contribution is 6.01. The van der Waals surface area contributed by atoms with Crippen molar-refractivity contribution < 1.29 is 14.1 Å². The number of carbonyl (C=O) groups is 1. The van der Waals surface area contributed by atoms with E-state index in [4.69, 9.17) is 4.42 Å². The minimum absolute atomic E-state index is 0.0500. The van der Waals surface area contributed by atoms with Gasteiger partial charge in [-0.3, -0.25) is 15.4 Å². The van der Waals surface area contributed by atoms with Crippen LogP contribution in [0.25, 0.3) is 11.5 Å². The second-order valence-electron chi connectivity index (χ2n) is 6.71. The third-order valence-corrected chi connectivity index (χ3v) is 4.56. The molecule has 0 spiro atoms. The molecule has 0 aliphatic heterocycles. The third-order valence-electron chi connectivity index (χ3n) is 4.56. The van der Waals surface area contributed by atoms with E-state index in [1.165, 1.54) is 24.3 Å². The Kier molecular flexibility index (Phi) is 5.82. The van der Waals surface area contributed by atoms with Gasteiger partial charge >= 0.3 is 12.0 Å². The summed E-state index contributed by atoms with van der Waals surface area (Å²) in [6, 6.07) is 4.88. The van der Waals surface area contributed by atoms with E-state index in [9.17, 15) is 14.9 Å². The number of benzene rings is 1. The van der Waals surface area contributed by atoms with E-state index < -0.39 is 11.0 Å². The predicted molar refractivity (Wildman–Crippen MR) is 107 cm³/mol. The lowest BCUT2D eigenvalue weighted by molar-refractivity contribution is -0.384. The lowest BCUT2D eigenvalue weighted by Crippen LogP contribution is -2.27. The molecule has 1 aromatic heterocycles. The lowest BCUT2D eigenvalue weighted by atomic mass is 9.85. The van der Waals surface area contributed by atoms with Gasteiger partial charge in [0.1, 0.15) is 0 Å². The standard InChI is InChI=1S/C19H20N6O4/c1-11(2)14-5-4-12(3)16(10-14)21-23-18(26)20-19-24-22-17(29-19)13-6-8-15(9-7-13)25(27)28/h4,6-9,14H,1,5,10H2,2-3H3,(H2,20,23,24,26)/b21-16+/t14-/m1/s1. The van der Waals surface area contributed by atoms with Gasteiger partial charge in [0, 0.05) is 17.7 Å². The molecule has 10 heteroatoms. The molecular formula is C19H20N6O4. The van der Waals surface area contributed by atoms with Gasteiger partial charge in [-0.1, -0.05) is 23.3 Å². The average molecular weight is 396 g/mol. The lowest BCUT2D eigenvalue weighted by Gasteiger charge is -2.22. The highest BCUT2D eigenvalue weighted by Gasteiger charge is 2.19. The zero-order chi connectivity index (χ0) is 21.0. The van der Waals surface area contributed by atoms with Crippen LogP contribution >= 0.6 is 0 Å². The number of nitrogens with zero attached hydrogens (tertiary/aromatic N) is 4. The van der Waals surface area contributed by atoms with E-state index in [0.717, 1.165) is 23.3 Å². The van der Waals surface area contributed by atoms with Crippen LogP contribution in [-0.4, -0.2) is 26.9 Å². The van der Waals surface area contributed by atoms with Gasteiger partial charge in [-0.2, -0.15) is 5.10 Å². The minimum Gasteiger partial charge on any atom is -0.403 e. The Morgan fingerprint density at radius 1 is 1.34 bits per heavy atom. The zero-order valence-corrected chi connectivity index (χ0v) is 16.0. The largest absolute Gasteiger partial charge is 0.403 e. The SMILES string of the molecule is C=C(C)[C@@H]1CC=C(C)/C(=N/NC(=O)Nc2nnc(-c3ccc([N+](=O)[O-])cc3)o2)C1. The molecule has 1 aliphatic carbocycles. The number of hydrogen-bond acceptors (Lipinski definition) is 7. The molecule has 0 saturated carbocycles. The summed E-state index contributed by atoms with van der Waals surface area (Å²) in [7, 11) is 0. The van der Waals surface area contributed by atoms with Crippen molar-refractivity contribution in [1.29, 1.82) is 0 Å². The van der Waals surface area contributed by atoms with Crippen LogP contribution in [0.5, 0.6) is 0 Å². The maximum Gasteiger partial charge on any atom is 0.343 e. The Labute approximate surface area is 166 Å². The van der Waals surface area contributed by atoms with Crippen LogP contribution in [0.4, 0.5) is 16.5 Å². The van der Waals surface area contributed by atoms with Crippen LogP contribution in [0.1, 0.15) is 26.7 Å². The quantitative estimate of drug-likeness (QED) is 0.444. The summed E-state index contributed by atoms with van der Waals surface area (Å²) < 4.78 is 5.37. The first-order valence-corrected chi connectivity index (χ1v) is 8.88. The highest BCUT2D eigenvalue weighted by atomic mass is 16.6. The number of anilines is 1. The van der Waals surface area contributed by atoms with E-state index in [0.29, 0.717) is 17.9 Å². The van der Waals surface area contributed by atoms with Crippen molar-refractivity contribution in [3.8, 4) is 11.5 Å². The molecule has 2 aromatic rings. The second kappa shape index (κ2) is 8.46. The fourth-order valence-corrected chi connectivity index (χ4v) is 2.78. The van der Waals surface area contributed by atoms with Gasteiger partial charge in [-0.25, -0.2) is 10.2 Å². The molecule has 0 bridgehead atoms. The number of hydrogen-bond donors (Lipinski definition) is 2. The van der Waals surface area contributed by atoms with Crippen LogP contribution in [0.2, 0.25) is 0 Å². The van der Waals surface area contributed by atoms with Crippen molar-refractivity contribution in [2.75, 3.05) is 5.32 Å². The van der Waals surface area contributed by atoms with Crippen LogP contribution in [-0.2, 0) is 0 Å². The molecule has 2 N–H and O–H groups in total. The van der Waals surface area contributed by atoms with Gasteiger partial charge in [0.2, 0.25) is 5.89 Å². The number of allylic oxidation sites excluding steroid dienone is 3. The molecular weight excluding hydrogens is 376 g/mol. The van der Waals surface area contributed by atoms with Gasteiger partial charge < -0.3 is 4.42 Å². The van der Waals surface area contributed by atoms with E-state index in [1.807, 2.05) is 13.8 Å². The molecule has 1 heterocycles. The molecule has 1 aromatic carbocycles. The van der Waals surface area contributed by atoms with Crippen molar-refractivity contribution in [3.63, 3.8) is 0 Å². The van der Waals surface area contributed by atoms with Gasteiger partial charge in [-0.15, -0.1) is 5.10 Å². The number of aromatic nitrogens is 2. The Morgan fingerprint density at radius 2 is 2.07 bits per heavy atom. The number of carbonyl (C=O) groups excluding carboxylic acids is 1. The molecule has 2 amide bonds. The summed E-state index contributed by atoms with van der Waals surface area (Å²) in [4.78, 5) is 22.3. The van der Waals surface area contributed by atoms with Crippen molar-refractivity contribution in [2.24, 2.45) is 11.0 Å². The van der Waals surface area contributed by atoms with E-state index in [-0.39, 0.29) is 17.6 Å². The fourth-order valence-electron chi connectivity index (χ4n) is 2.78. The minimum atomic E-state index is -0.623. The number of non-ortho nitro benzene ring substituents is 1. The summed E-state index contributed by atoms with van der Waals surface area (Å²) in [6.07, 6.45) is 3.71. The number of nitro groups is 1. The Hall–Kier alpha value is -3.82. The van der Waals surface area contributed by atoms with Gasteiger partial charge in [-0.05, 0) is 50.3 Å². The Balaban J connectivity index is 1.61. The Bertz CT molecular complexity index is 1010. The number of hydrazone groups is 1. The molecule has 150 valence electrons. The van der Waals surface area contributed by atoms with Crippen molar-refractivity contribution in [3.05, 3.63) is 58.2 Å². The maximum atomic E-state index is 12.1. The molecule has 3 rings (SSSR count). The van der Waals surface area contributed by atoms with Crippen molar-refractivity contribution in [1.82, 2.24) is 15.6 Å². The van der Waals surface area contributed by atoms with Crippen LogP contribution in [0.3, 0.4) is 0 Å². The van der Waals surface area contributed by atoms with Gasteiger partial charge in [0.05, 0.1) is 10.6 Å². The molecule has 0 saturated heterocycles. The van der Waals surface area contributed by atoms with E-state index in [2.05, 4.69) is 38.7 Å². The van der Waals surface area contributed by atoms with Crippen LogP contribution < -0.4 is 10.7 Å². The number of amides is 2. The highest BCUT2D eigenvalue weighted by Crippen LogP contribution is 2.26. The molecule has 0 radical (unpaired) electrons. The number of nitrogens with one attached hydrogen (secondary N) is 2. The smallest absolute Gasteiger partial charge is 0.343 e. The first-order valence-electron chi connectivity index (χ1n) is 8.88. The second-order valence-corrected chi connectivity index (χ2v) is 6.71. The van der Waals surface area contributed by atoms with Crippen LogP contribution in [0, 0.1) is 16.0 Å². The monoisotopic (exact) mass is 396 g/mol. The van der Waals surface area contributed by atoms with Crippen molar-refractivity contribution in [2.45, 2.75) is 26.7 Å². The molecule has 0 fully saturated rings. The number of urea groups is 1. The molecule has 10 nitrogen and oxygen atoms in total. The van der Waals surface area contributed by atoms with Crippen molar-refractivity contribution >= 4 is 23.4 Å². The summed E-state index contributed by atoms with van der Waals surface area (Å²) in [5.41, 5.74) is 5.75. The number of rotatable bonds is 5. The fraction of sp³-hybridized carbons (Fsp3) is 0.263. The normalized spacial score (nSPS) is 17.5. The van der Waals surface area contributed by atoms with Gasteiger partial charge in [0.15, 0.2) is 0 Å². The molecule has 0 unspecified atom stereocenters. The summed E-state index contributed by atoms with van der Waals surface area (Å²) in [5, 5.41) is 24.8. The molecule has 1 atom stereocenters. The van der Waals surface area contributed by atoms with Crippen LogP contribution in [0.15, 0.2) is 57.6 Å².